The second kappa shape index (κ2) is 45.5. The molecule has 21 rings (SSSR count). The zero-order valence-electron chi connectivity index (χ0n) is 81.2. The lowest BCUT2D eigenvalue weighted by molar-refractivity contribution is -0.106. The summed E-state index contributed by atoms with van der Waals surface area (Å²) in [5, 5.41) is 94.0. The van der Waals surface area contributed by atoms with Crippen LogP contribution in [-0.4, -0.2) is 156 Å². The van der Waals surface area contributed by atoms with Crippen LogP contribution < -0.4 is 21.3 Å². The fourth-order valence-electron chi connectivity index (χ4n) is 19.8. The highest BCUT2D eigenvalue weighted by Gasteiger charge is 2.32. The van der Waals surface area contributed by atoms with Gasteiger partial charge >= 0.3 is 0 Å². The van der Waals surface area contributed by atoms with Crippen LogP contribution in [0.15, 0.2) is 185 Å². The second-order valence-electron chi connectivity index (χ2n) is 35.7. The third-order valence-corrected chi connectivity index (χ3v) is 26.6. The van der Waals surface area contributed by atoms with Crippen LogP contribution >= 0.6 is 0 Å². The average Bonchev–Trinajstić information content (AvgIpc) is 1.59. The van der Waals surface area contributed by atoms with E-state index in [-0.39, 0.29) is 30.6 Å². The van der Waals surface area contributed by atoms with E-state index in [1.54, 1.807) is 75.8 Å². The van der Waals surface area contributed by atoms with Gasteiger partial charge in [-0.1, -0.05) is 38.5 Å². The number of carbonyl (C=O) groups excluding carboxylic acids is 4. The van der Waals surface area contributed by atoms with Gasteiger partial charge in [-0.3, -0.25) is 38.3 Å². The molecule has 0 radical (unpaired) electrons. The van der Waals surface area contributed by atoms with E-state index in [0.717, 1.165) is 172 Å². The van der Waals surface area contributed by atoms with E-state index in [0.29, 0.717) is 110 Å². The highest BCUT2D eigenvalue weighted by atomic mass is 16.5. The molecule has 5 atom stereocenters. The molecule has 39 heteroatoms. The third kappa shape index (κ3) is 21.3. The molecule has 18 aromatic rings. The predicted octanol–water partition coefficient (Wildman–Crippen LogP) is 20.0. The van der Waals surface area contributed by atoms with Gasteiger partial charge in [0.05, 0.1) is 199 Å². The van der Waals surface area contributed by atoms with E-state index in [4.69, 9.17) is 22.6 Å². The molecule has 0 aromatic carbocycles. The van der Waals surface area contributed by atoms with Crippen LogP contribution in [0.4, 0.5) is 34.1 Å². The molecular weight excluding hydrogens is 1810 g/mol. The SMILES string of the molecule is CCOC(C)n1cc(-c2c(NC=O)cnn3c(C)ccc23)cn1.Cc1cc2c(-c3cnn(C(CC#N)C4CCCC4)c3)c(NC=O)cnn2c1.Cc1ccc2c(-c3cn[nH]c3)c(NC=O)cnn12.Cc1ccc2c(-c3cnn(C(CC#N)C4CCCC4)c3)c(NC=O)cnn12.[C-]#[N+]c1cnn2c(C)ccc2c1-c1cnn(C(C)OCC)c1.[C-]#[N+]c1cnn2cc(C)cc2c1-c1cnn(C(CC#N)C2CCCC2)c1. The highest BCUT2D eigenvalue weighted by Crippen LogP contribution is 2.45. The van der Waals surface area contributed by atoms with Gasteiger partial charge in [-0.2, -0.15) is 77.0 Å². The molecule has 18 aromatic heterocycles. The maximum Gasteiger partial charge on any atom is 0.216 e. The van der Waals surface area contributed by atoms with E-state index >= 15 is 0 Å². The number of amides is 4. The third-order valence-electron chi connectivity index (χ3n) is 26.6. The summed E-state index contributed by atoms with van der Waals surface area (Å²) < 4.78 is 31.4. The Morgan fingerprint density at radius 2 is 0.664 bits per heavy atom. The number of aromatic nitrogens is 24. The molecule has 0 aliphatic heterocycles. The lowest BCUT2D eigenvalue weighted by atomic mass is 9.96. The number of aryl methyl sites for hydroxylation is 6. The molecule has 5 unspecified atom stereocenters. The number of H-pyrrole nitrogens is 1. The van der Waals surface area contributed by atoms with Crippen molar-refractivity contribution in [1.29, 1.82) is 15.8 Å². The molecule has 18 heterocycles. The first-order chi connectivity index (χ1) is 69.7. The minimum Gasteiger partial charge on any atom is -0.357 e. The summed E-state index contributed by atoms with van der Waals surface area (Å²) in [5.74, 6) is 1.51. The number of nitrogens with one attached hydrogen (secondary N) is 5. The van der Waals surface area contributed by atoms with Crippen LogP contribution in [0, 0.1) is 106 Å². The summed E-state index contributed by atoms with van der Waals surface area (Å²) in [6, 6.07) is 27.3. The fourth-order valence-corrected chi connectivity index (χ4v) is 19.8. The van der Waals surface area contributed by atoms with Gasteiger partial charge in [0.1, 0.15) is 12.5 Å². The zero-order chi connectivity index (χ0) is 100. The molecule has 3 saturated carbocycles. The molecule has 5 N–H and O–H groups in total. The molecule has 3 aliphatic carbocycles. The van der Waals surface area contributed by atoms with Crippen LogP contribution in [0.1, 0.15) is 188 Å². The summed E-state index contributed by atoms with van der Waals surface area (Å²) in [5.41, 5.74) is 26.1. The minimum absolute atomic E-state index is 0.0973. The highest BCUT2D eigenvalue weighted by molar-refractivity contribution is 5.98. The molecule has 3 aliphatic rings. The number of anilines is 4. The number of hydrogen-bond acceptors (Lipinski definition) is 21. The average molecular weight is 1920 g/mol. The first-order valence-corrected chi connectivity index (χ1v) is 47.7. The monoisotopic (exact) mass is 1920 g/mol. The normalized spacial score (nSPS) is 14.1. The smallest absolute Gasteiger partial charge is 0.216 e. The topological polar surface area (TPSA) is 437 Å². The molecule has 3 fully saturated rings. The number of aromatic amines is 1. The van der Waals surface area contributed by atoms with Crippen molar-refractivity contribution in [2.45, 2.75) is 196 Å². The first kappa shape index (κ1) is 98.7. The molecule has 0 bridgehead atoms. The standard InChI is InChI=1S/2C20H22N6O.C20H20N6.C16H19N5O2.C16H17N5O.C12H11N5O/c1-14-8-19-20(17(22-13-27)10-24-25(19)11-14)16-9-23-26(12-16)18(6-7-21)15-4-2-3-5-15;1-14-6-7-19-20(17(22-13-27)11-24-26(14)19)16-10-23-25(12-16)18(8-9-21)15-4-2-3-5-15;1-14-9-19-20(17(22-2)11-24-25(19)12-14)16-10-23-26(13-16)18(7-8-21)15-5-3-4-6-15;1-4-23-12(3)20-9-13(7-18-20)16-14(17-10-22)8-19-21-11(2)5-6-15(16)21;1-5-22-12(3)20-10-13(8-18-20)16-14(17-4)9-19-21-11(2)6-7-15(16)21;1-8-2-3-11-12(9-4-14-15-5-9)10(13-7-18)6-16-17(8)11/h8-13,15,18H,2-6H2,1H3,(H,22,27);6-7,10-13,15,18H,2-5,8H2,1H3,(H,22,27);9-13,15,18H,3-7H2,1H3;5-10,12H,4H2,1-3H3,(H,17,22);6-10,12H,5H2,1-3H3;2-7H,1H3,(H,13,18)(H,14,15). The van der Waals surface area contributed by atoms with E-state index in [2.05, 4.69) is 115 Å². The second-order valence-corrected chi connectivity index (χ2v) is 35.7. The van der Waals surface area contributed by atoms with Gasteiger partial charge in [-0.05, 0) is 197 Å². The van der Waals surface area contributed by atoms with E-state index in [1.807, 2.05) is 228 Å². The van der Waals surface area contributed by atoms with Crippen molar-refractivity contribution in [1.82, 2.24) is 117 Å². The van der Waals surface area contributed by atoms with E-state index in [9.17, 15) is 35.0 Å². The van der Waals surface area contributed by atoms with Crippen LogP contribution in [0.3, 0.4) is 0 Å². The quantitative estimate of drug-likeness (QED) is 0.0215. The summed E-state index contributed by atoms with van der Waals surface area (Å²) >= 11 is 0. The molecule has 143 heavy (non-hydrogen) atoms. The Labute approximate surface area is 824 Å². The van der Waals surface area contributed by atoms with Crippen LogP contribution in [-0.2, 0) is 28.7 Å². The Bertz CT molecular complexity index is 7660. The maximum atomic E-state index is 11.1. The first-order valence-electron chi connectivity index (χ1n) is 47.7. The predicted molar refractivity (Wildman–Crippen MR) is 541 cm³/mol. The summed E-state index contributed by atoms with van der Waals surface area (Å²) in [6.45, 7) is 35.9. The number of ether oxygens (including phenoxy) is 2. The van der Waals surface area contributed by atoms with Gasteiger partial charge in [0.2, 0.25) is 37.0 Å². The van der Waals surface area contributed by atoms with E-state index in [1.165, 1.54) is 38.5 Å². The fraction of sp³-hybridized carbons (Fsp3) is 0.337. The minimum atomic E-state index is -0.150. The van der Waals surface area contributed by atoms with Crippen molar-refractivity contribution in [3.63, 3.8) is 0 Å². The lowest BCUT2D eigenvalue weighted by Crippen LogP contribution is -2.17. The number of fused-ring (bicyclic) bond motifs is 6. The Morgan fingerprint density at radius 3 is 0.993 bits per heavy atom. The molecule has 4 amide bonds. The van der Waals surface area contributed by atoms with Gasteiger partial charge in [0.25, 0.3) is 0 Å². The Balaban J connectivity index is 0.000000124. The molecule has 0 spiro atoms. The number of hydrogen-bond donors (Lipinski definition) is 5. The maximum absolute atomic E-state index is 11.1. The Kier molecular flexibility index (Phi) is 31.4. The van der Waals surface area contributed by atoms with Crippen molar-refractivity contribution >= 4 is 92.9 Å². The van der Waals surface area contributed by atoms with Crippen molar-refractivity contribution < 1.29 is 28.7 Å². The summed E-state index contributed by atoms with van der Waals surface area (Å²) in [6.07, 6.45) is 54.0. The Morgan fingerprint density at radius 1 is 0.378 bits per heavy atom. The summed E-state index contributed by atoms with van der Waals surface area (Å²) in [7, 11) is 0. The zero-order valence-corrected chi connectivity index (χ0v) is 81.2. The van der Waals surface area contributed by atoms with Crippen molar-refractivity contribution in [2.24, 2.45) is 17.8 Å². The molecule has 39 nitrogen and oxygen atoms in total. The molecule has 0 saturated heterocycles. The van der Waals surface area contributed by atoms with Gasteiger partial charge in [0, 0.05) is 152 Å². The Hall–Kier alpha value is -17.4. The summed E-state index contributed by atoms with van der Waals surface area (Å²) in [4.78, 5) is 51.0. The number of nitriles is 3. The van der Waals surface area contributed by atoms with Crippen molar-refractivity contribution in [3.8, 4) is 85.0 Å². The van der Waals surface area contributed by atoms with Gasteiger partial charge < -0.3 is 30.7 Å². The van der Waals surface area contributed by atoms with Crippen molar-refractivity contribution in [3.05, 3.63) is 241 Å². The van der Waals surface area contributed by atoms with Gasteiger partial charge in [-0.25, -0.2) is 46.1 Å². The van der Waals surface area contributed by atoms with Gasteiger partial charge in [-0.15, -0.1) is 0 Å². The van der Waals surface area contributed by atoms with Crippen LogP contribution in [0.2, 0.25) is 0 Å². The van der Waals surface area contributed by atoms with Crippen LogP contribution in [0.5, 0.6) is 0 Å². The van der Waals surface area contributed by atoms with E-state index < -0.39 is 0 Å². The molecular formula is C104H111N33O6. The van der Waals surface area contributed by atoms with Crippen molar-refractivity contribution in [2.75, 3.05) is 34.5 Å². The largest absolute Gasteiger partial charge is 0.357 e. The number of rotatable bonds is 29. The molecule has 728 valence electrons. The van der Waals surface area contributed by atoms with Gasteiger partial charge in [0.15, 0.2) is 0 Å². The number of carbonyl (C=O) groups is 4. The van der Waals surface area contributed by atoms with Crippen LogP contribution in [0.25, 0.3) is 110 Å². The lowest BCUT2D eigenvalue weighted by Gasteiger charge is -2.21. The number of nitrogens with zero attached hydrogens (tertiary/aromatic N) is 28.